The van der Waals surface area contributed by atoms with Crippen molar-refractivity contribution in [2.75, 3.05) is 0 Å². The molecule has 0 atom stereocenters. The van der Waals surface area contributed by atoms with Crippen LogP contribution in [0.1, 0.15) is 38.6 Å². The first-order valence-electron chi connectivity index (χ1n) is 9.80. The number of amides is 1. The Morgan fingerprint density at radius 2 is 2.00 bits per heavy atom. The van der Waals surface area contributed by atoms with E-state index in [1.165, 1.54) is 11.8 Å². The third-order valence-electron chi connectivity index (χ3n) is 5.33. The van der Waals surface area contributed by atoms with Gasteiger partial charge in [-0.15, -0.1) is 0 Å². The molecule has 1 amide bonds. The van der Waals surface area contributed by atoms with Crippen molar-refractivity contribution in [1.29, 1.82) is 0 Å². The number of fused-ring (bicyclic) bond motifs is 3. The lowest BCUT2D eigenvalue weighted by Gasteiger charge is -2.18. The van der Waals surface area contributed by atoms with E-state index in [1.54, 1.807) is 10.7 Å². The first-order chi connectivity index (χ1) is 14.6. The van der Waals surface area contributed by atoms with E-state index in [2.05, 4.69) is 38.8 Å². The van der Waals surface area contributed by atoms with Gasteiger partial charge in [-0.1, -0.05) is 29.4 Å². The van der Waals surface area contributed by atoms with Gasteiger partial charge in [-0.05, 0) is 37.8 Å². The Labute approximate surface area is 173 Å². The van der Waals surface area contributed by atoms with Gasteiger partial charge >= 0.3 is 0 Å². The summed E-state index contributed by atoms with van der Waals surface area (Å²) < 4.78 is 6.73. The first-order valence-corrected chi connectivity index (χ1v) is 9.80. The van der Waals surface area contributed by atoms with Crippen molar-refractivity contribution >= 4 is 5.91 Å². The average Bonchev–Trinajstić information content (AvgIpc) is 3.37. The quantitative estimate of drug-likeness (QED) is 0.565. The van der Waals surface area contributed by atoms with Gasteiger partial charge in [0.25, 0.3) is 11.9 Å². The van der Waals surface area contributed by atoms with Crippen LogP contribution >= 0.6 is 0 Å². The highest BCUT2D eigenvalue weighted by Gasteiger charge is 2.21. The van der Waals surface area contributed by atoms with E-state index in [4.69, 9.17) is 9.51 Å². The molecule has 1 aliphatic carbocycles. The van der Waals surface area contributed by atoms with E-state index in [-0.39, 0.29) is 12.5 Å². The van der Waals surface area contributed by atoms with E-state index in [9.17, 15) is 4.79 Å². The molecule has 8 heteroatoms. The molecule has 3 heterocycles. The maximum absolute atomic E-state index is 12.6. The Bertz CT molecular complexity index is 1260. The number of nitrogens with zero attached hydrogens (tertiary/aromatic N) is 5. The molecular formula is C22H20N6O2. The lowest BCUT2D eigenvalue weighted by Crippen LogP contribution is -2.23. The van der Waals surface area contributed by atoms with Gasteiger partial charge in [0.2, 0.25) is 0 Å². The van der Waals surface area contributed by atoms with E-state index in [1.807, 2.05) is 26.1 Å². The maximum Gasteiger partial charge on any atom is 0.255 e. The van der Waals surface area contributed by atoms with Gasteiger partial charge in [0.05, 0.1) is 35.4 Å². The Hall–Kier alpha value is -3.81. The van der Waals surface area contributed by atoms with Crippen molar-refractivity contribution in [3.63, 3.8) is 0 Å². The molecule has 0 radical (unpaired) electrons. The minimum atomic E-state index is -0.240. The van der Waals surface area contributed by atoms with Crippen LogP contribution in [0.3, 0.4) is 0 Å². The summed E-state index contributed by atoms with van der Waals surface area (Å²) in [6, 6.07) is 10.1. The average molecular weight is 400 g/mol. The number of hydrogen-bond donors (Lipinski definition) is 1. The molecule has 0 spiro atoms. The number of benzene rings is 1. The summed E-state index contributed by atoms with van der Waals surface area (Å²) in [5.41, 5.74) is 6.39. The fourth-order valence-electron chi connectivity index (χ4n) is 3.75. The molecule has 1 N–H and O–H groups in total. The fraction of sp³-hybridized carbons (Fsp3) is 0.227. The Morgan fingerprint density at radius 3 is 2.83 bits per heavy atom. The molecule has 150 valence electrons. The van der Waals surface area contributed by atoms with Gasteiger partial charge < -0.3 is 9.84 Å². The van der Waals surface area contributed by atoms with Crippen molar-refractivity contribution < 1.29 is 9.32 Å². The second-order valence-corrected chi connectivity index (χ2v) is 7.37. The number of aromatic nitrogens is 5. The first kappa shape index (κ1) is 18.2. The third kappa shape index (κ3) is 3.16. The van der Waals surface area contributed by atoms with Crippen LogP contribution in [0, 0.1) is 13.8 Å². The normalized spacial score (nSPS) is 12.3. The van der Waals surface area contributed by atoms with Crippen LogP contribution in [0.25, 0.3) is 17.2 Å². The molecule has 0 unspecified atom stereocenters. The molecule has 1 aliphatic rings. The fourth-order valence-corrected chi connectivity index (χ4v) is 3.75. The molecular weight excluding hydrogens is 380 g/mol. The predicted molar refractivity (Wildman–Crippen MR) is 109 cm³/mol. The standard InChI is InChI=1S/C22H20N6O2/c1-13-9-17(30-27-13)11-23-21(29)19-12-25-28(14(19)2)22-24-10-16-8-7-15-5-3-4-6-18(15)20(16)26-22/h3-6,9-10,12H,7-8,11H2,1-2H3,(H,23,29). The summed E-state index contributed by atoms with van der Waals surface area (Å²) in [7, 11) is 0. The summed E-state index contributed by atoms with van der Waals surface area (Å²) in [6.45, 7) is 3.92. The number of carbonyl (C=O) groups is 1. The van der Waals surface area contributed by atoms with Crippen LogP contribution in [0.5, 0.6) is 0 Å². The van der Waals surface area contributed by atoms with Crippen molar-refractivity contribution in [2.45, 2.75) is 33.2 Å². The van der Waals surface area contributed by atoms with Gasteiger partial charge in [-0.3, -0.25) is 4.79 Å². The van der Waals surface area contributed by atoms with Gasteiger partial charge in [-0.2, -0.15) is 5.10 Å². The van der Waals surface area contributed by atoms with E-state index in [0.29, 0.717) is 23.0 Å². The Kier molecular flexibility index (Phi) is 4.39. The SMILES string of the molecule is Cc1cc(CNC(=O)c2cnn(-c3ncc4c(n3)-c3ccccc3CC4)c2C)on1. The molecule has 0 bridgehead atoms. The van der Waals surface area contributed by atoms with Crippen molar-refractivity contribution in [2.24, 2.45) is 0 Å². The van der Waals surface area contributed by atoms with Gasteiger partial charge in [-0.25, -0.2) is 14.6 Å². The second kappa shape index (κ2) is 7.22. The van der Waals surface area contributed by atoms with Gasteiger partial charge in [0, 0.05) is 17.8 Å². The molecule has 5 rings (SSSR count). The molecule has 8 nitrogen and oxygen atoms in total. The largest absolute Gasteiger partial charge is 0.359 e. The zero-order valence-electron chi connectivity index (χ0n) is 16.7. The van der Waals surface area contributed by atoms with E-state index < -0.39 is 0 Å². The van der Waals surface area contributed by atoms with Crippen LogP contribution in [0.4, 0.5) is 0 Å². The summed E-state index contributed by atoms with van der Waals surface area (Å²) in [6.07, 6.45) is 5.30. The number of carbonyl (C=O) groups excluding carboxylic acids is 1. The molecule has 1 aromatic carbocycles. The van der Waals surface area contributed by atoms with Crippen molar-refractivity contribution in [3.05, 3.63) is 76.6 Å². The van der Waals surface area contributed by atoms with Crippen LogP contribution in [0.2, 0.25) is 0 Å². The van der Waals surface area contributed by atoms with E-state index >= 15 is 0 Å². The lowest BCUT2D eigenvalue weighted by molar-refractivity contribution is 0.0946. The minimum Gasteiger partial charge on any atom is -0.359 e. The predicted octanol–water partition coefficient (Wildman–Crippen LogP) is 2.96. The molecule has 0 fully saturated rings. The zero-order chi connectivity index (χ0) is 20.7. The van der Waals surface area contributed by atoms with Gasteiger partial charge in [0.1, 0.15) is 0 Å². The Morgan fingerprint density at radius 1 is 1.17 bits per heavy atom. The molecule has 0 saturated carbocycles. The number of nitrogens with one attached hydrogen (secondary N) is 1. The molecule has 3 aromatic heterocycles. The summed E-state index contributed by atoms with van der Waals surface area (Å²) in [5, 5.41) is 11.0. The third-order valence-corrected chi connectivity index (χ3v) is 5.33. The topological polar surface area (TPSA) is 98.7 Å². The van der Waals surface area contributed by atoms with Gasteiger partial charge in [0.15, 0.2) is 5.76 Å². The summed E-state index contributed by atoms with van der Waals surface area (Å²) in [5.74, 6) is 0.812. The number of aryl methyl sites for hydroxylation is 3. The maximum atomic E-state index is 12.6. The van der Waals surface area contributed by atoms with Crippen LogP contribution < -0.4 is 5.32 Å². The molecule has 4 aromatic rings. The number of hydrogen-bond acceptors (Lipinski definition) is 6. The van der Waals surface area contributed by atoms with Crippen molar-refractivity contribution in [1.82, 2.24) is 30.2 Å². The highest BCUT2D eigenvalue weighted by Crippen LogP contribution is 2.31. The highest BCUT2D eigenvalue weighted by molar-refractivity contribution is 5.95. The molecule has 0 saturated heterocycles. The van der Waals surface area contributed by atoms with Crippen molar-refractivity contribution in [3.8, 4) is 17.2 Å². The summed E-state index contributed by atoms with van der Waals surface area (Å²) >= 11 is 0. The number of rotatable bonds is 4. The second-order valence-electron chi connectivity index (χ2n) is 7.37. The monoisotopic (exact) mass is 400 g/mol. The molecule has 0 aliphatic heterocycles. The lowest BCUT2D eigenvalue weighted by atomic mass is 9.90. The molecule has 30 heavy (non-hydrogen) atoms. The van der Waals surface area contributed by atoms with Crippen LogP contribution in [-0.2, 0) is 19.4 Å². The zero-order valence-corrected chi connectivity index (χ0v) is 16.7. The van der Waals surface area contributed by atoms with Crippen LogP contribution in [0.15, 0.2) is 47.2 Å². The summed E-state index contributed by atoms with van der Waals surface area (Å²) in [4.78, 5) is 21.9. The minimum absolute atomic E-state index is 0.240. The smallest absolute Gasteiger partial charge is 0.255 e. The highest BCUT2D eigenvalue weighted by atomic mass is 16.5. The van der Waals surface area contributed by atoms with Crippen LogP contribution in [-0.4, -0.2) is 30.8 Å². The Balaban J connectivity index is 1.42. The van der Waals surface area contributed by atoms with E-state index in [0.717, 1.165) is 35.4 Å².